The zero-order valence-electron chi connectivity index (χ0n) is 8.28. The molecule has 0 spiro atoms. The minimum Gasteiger partial charge on any atom is -0.367 e. The van der Waals surface area contributed by atoms with Crippen LogP contribution >= 0.6 is 0 Å². The van der Waals surface area contributed by atoms with Crippen LogP contribution in [0.5, 0.6) is 0 Å². The van der Waals surface area contributed by atoms with Gasteiger partial charge in [-0.05, 0) is 23.6 Å². The summed E-state index contributed by atoms with van der Waals surface area (Å²) in [5, 5.41) is 2.31. The quantitative estimate of drug-likeness (QED) is 0.553. The number of aromatic nitrogens is 2. The van der Waals surface area contributed by atoms with Crippen LogP contribution in [0.3, 0.4) is 0 Å². The predicted molar refractivity (Wildman–Crippen MR) is 62.7 cm³/mol. The monoisotopic (exact) mass is 212 g/mol. The van der Waals surface area contributed by atoms with Crippen molar-refractivity contribution in [1.82, 2.24) is 9.97 Å². The summed E-state index contributed by atoms with van der Waals surface area (Å²) in [4.78, 5) is 28.5. The van der Waals surface area contributed by atoms with Crippen LogP contribution in [0.4, 0.5) is 0 Å². The van der Waals surface area contributed by atoms with Gasteiger partial charge >= 0.3 is 0 Å². The summed E-state index contributed by atoms with van der Waals surface area (Å²) < 4.78 is 0. The molecule has 0 unspecified atom stereocenters. The molecule has 0 radical (unpaired) electrons. The van der Waals surface area contributed by atoms with Crippen molar-refractivity contribution in [3.8, 4) is 0 Å². The number of nitrogens with one attached hydrogen (secondary N) is 2. The molecule has 0 aliphatic rings. The first-order chi connectivity index (χ1) is 7.75. The van der Waals surface area contributed by atoms with Gasteiger partial charge in [0.2, 0.25) is 0 Å². The molecule has 0 aliphatic carbocycles. The van der Waals surface area contributed by atoms with Crippen molar-refractivity contribution in [2.75, 3.05) is 0 Å². The molecule has 4 heteroatoms. The van der Waals surface area contributed by atoms with E-state index in [0.717, 1.165) is 10.8 Å². The Morgan fingerprint density at radius 1 is 0.938 bits per heavy atom. The molecule has 0 aliphatic heterocycles. The van der Waals surface area contributed by atoms with Gasteiger partial charge in [0.25, 0.3) is 5.56 Å². The van der Waals surface area contributed by atoms with Crippen LogP contribution in [0.15, 0.2) is 46.2 Å². The second-order valence-corrected chi connectivity index (χ2v) is 3.63. The Hall–Kier alpha value is -2.36. The number of benzene rings is 1. The van der Waals surface area contributed by atoms with Crippen molar-refractivity contribution >= 4 is 21.7 Å². The summed E-state index contributed by atoms with van der Waals surface area (Å²) in [6.45, 7) is 0. The van der Waals surface area contributed by atoms with E-state index in [1.807, 2.05) is 6.07 Å². The lowest BCUT2D eigenvalue weighted by molar-refractivity contribution is 1.30. The third-order valence-electron chi connectivity index (χ3n) is 2.64. The van der Waals surface area contributed by atoms with E-state index in [0.29, 0.717) is 10.9 Å². The standard InChI is InChI=1S/C12H8N2O2/c15-7-1-2-9-8-3-4-13-6-10(8)12(16)14-11(9)5-7/h1-6,13H,(H,14,16). The number of hydrogen-bond acceptors (Lipinski definition) is 2. The second-order valence-electron chi connectivity index (χ2n) is 3.63. The zero-order valence-corrected chi connectivity index (χ0v) is 8.28. The van der Waals surface area contributed by atoms with Crippen molar-refractivity contribution in [2.45, 2.75) is 0 Å². The molecule has 0 amide bonds. The first-order valence-electron chi connectivity index (χ1n) is 4.88. The van der Waals surface area contributed by atoms with Gasteiger partial charge in [-0.1, -0.05) is 0 Å². The maximum atomic E-state index is 11.7. The van der Waals surface area contributed by atoms with Gasteiger partial charge in [0.15, 0.2) is 5.43 Å². The van der Waals surface area contributed by atoms with Crippen LogP contribution in [0.1, 0.15) is 0 Å². The van der Waals surface area contributed by atoms with Crippen molar-refractivity contribution in [2.24, 2.45) is 0 Å². The van der Waals surface area contributed by atoms with E-state index in [-0.39, 0.29) is 11.0 Å². The predicted octanol–water partition coefficient (Wildman–Crippen LogP) is 1.37. The van der Waals surface area contributed by atoms with Gasteiger partial charge in [0.05, 0.1) is 10.9 Å². The van der Waals surface area contributed by atoms with Crippen molar-refractivity contribution in [3.63, 3.8) is 0 Å². The van der Waals surface area contributed by atoms with Crippen molar-refractivity contribution in [3.05, 3.63) is 57.2 Å². The van der Waals surface area contributed by atoms with Crippen LogP contribution in [0, 0.1) is 0 Å². The lowest BCUT2D eigenvalue weighted by Gasteiger charge is -2.01. The van der Waals surface area contributed by atoms with Gasteiger partial charge in [-0.2, -0.15) is 0 Å². The molecular weight excluding hydrogens is 204 g/mol. The first kappa shape index (κ1) is 8.91. The smallest absolute Gasteiger partial charge is 0.257 e. The molecule has 2 N–H and O–H groups in total. The number of rotatable bonds is 0. The van der Waals surface area contributed by atoms with Crippen LogP contribution in [-0.2, 0) is 0 Å². The molecule has 1 aromatic carbocycles. The van der Waals surface area contributed by atoms with Gasteiger partial charge in [-0.15, -0.1) is 0 Å². The topological polar surface area (TPSA) is 65.7 Å². The first-order valence-corrected chi connectivity index (χ1v) is 4.88. The molecule has 3 aromatic rings. The lowest BCUT2D eigenvalue weighted by Crippen LogP contribution is -2.08. The average molecular weight is 212 g/mol. The second kappa shape index (κ2) is 3.06. The van der Waals surface area contributed by atoms with Gasteiger partial charge in [-0.25, -0.2) is 0 Å². The highest BCUT2D eigenvalue weighted by Gasteiger charge is 2.04. The minimum atomic E-state index is -0.190. The molecular formula is C12H8N2O2. The van der Waals surface area contributed by atoms with E-state index >= 15 is 0 Å². The fourth-order valence-electron chi connectivity index (χ4n) is 1.90. The van der Waals surface area contributed by atoms with E-state index in [1.165, 1.54) is 12.1 Å². The van der Waals surface area contributed by atoms with Gasteiger partial charge in [-0.3, -0.25) is 9.59 Å². The van der Waals surface area contributed by atoms with E-state index in [1.54, 1.807) is 18.5 Å². The number of pyridine rings is 2. The summed E-state index contributed by atoms with van der Waals surface area (Å²) >= 11 is 0. The minimum absolute atomic E-state index is 0.106. The average Bonchev–Trinajstić information content (AvgIpc) is 2.29. The normalized spacial score (nSPS) is 11.0. The summed E-state index contributed by atoms with van der Waals surface area (Å²) in [5.74, 6) is 0. The Morgan fingerprint density at radius 3 is 2.69 bits per heavy atom. The largest absolute Gasteiger partial charge is 0.367 e. The maximum Gasteiger partial charge on any atom is 0.257 e. The lowest BCUT2D eigenvalue weighted by atomic mass is 10.1. The molecule has 0 bridgehead atoms. The Kier molecular flexibility index (Phi) is 1.71. The fourth-order valence-corrected chi connectivity index (χ4v) is 1.90. The summed E-state index contributed by atoms with van der Waals surface area (Å²) in [6, 6.07) is 6.50. The third kappa shape index (κ3) is 1.16. The third-order valence-corrected chi connectivity index (χ3v) is 2.64. The maximum absolute atomic E-state index is 11.7. The number of hydrogen-bond donors (Lipinski definition) is 2. The van der Waals surface area contributed by atoms with Crippen LogP contribution < -0.4 is 11.0 Å². The Balaban J connectivity index is 2.69. The zero-order chi connectivity index (χ0) is 11.1. The highest BCUT2D eigenvalue weighted by atomic mass is 16.1. The van der Waals surface area contributed by atoms with E-state index in [9.17, 15) is 9.59 Å². The highest BCUT2D eigenvalue weighted by Crippen LogP contribution is 2.18. The van der Waals surface area contributed by atoms with Gasteiger partial charge in [0.1, 0.15) is 0 Å². The van der Waals surface area contributed by atoms with Gasteiger partial charge < -0.3 is 9.97 Å². The summed E-state index contributed by atoms with van der Waals surface area (Å²) in [5.41, 5.74) is 0.283. The fraction of sp³-hybridized carbons (Fsp3) is 0. The molecule has 0 atom stereocenters. The molecule has 0 saturated carbocycles. The molecule has 4 nitrogen and oxygen atoms in total. The highest BCUT2D eigenvalue weighted by molar-refractivity contribution is 6.04. The van der Waals surface area contributed by atoms with Crippen molar-refractivity contribution < 1.29 is 0 Å². The van der Waals surface area contributed by atoms with Crippen molar-refractivity contribution in [1.29, 1.82) is 0 Å². The Labute approximate surface area is 89.6 Å². The summed E-state index contributed by atoms with van der Waals surface area (Å²) in [6.07, 6.45) is 3.41. The van der Waals surface area contributed by atoms with Gasteiger partial charge in [0, 0.05) is 23.8 Å². The number of H-pyrrole nitrogens is 2. The molecule has 0 saturated heterocycles. The van der Waals surface area contributed by atoms with Crippen LogP contribution in [-0.4, -0.2) is 9.97 Å². The van der Waals surface area contributed by atoms with E-state index < -0.39 is 0 Å². The van der Waals surface area contributed by atoms with E-state index in [2.05, 4.69) is 9.97 Å². The van der Waals surface area contributed by atoms with Crippen LogP contribution in [0.2, 0.25) is 0 Å². The Morgan fingerprint density at radius 2 is 1.81 bits per heavy atom. The van der Waals surface area contributed by atoms with Crippen LogP contribution in [0.25, 0.3) is 21.7 Å². The molecule has 2 heterocycles. The molecule has 3 rings (SSSR count). The number of aromatic amines is 2. The Bertz CT molecular complexity index is 799. The molecule has 2 aromatic heterocycles. The number of fused-ring (bicyclic) bond motifs is 3. The molecule has 0 fully saturated rings. The summed E-state index contributed by atoms with van der Waals surface area (Å²) in [7, 11) is 0. The molecule has 78 valence electrons. The SMILES string of the molecule is O=c1ccc2c(c1)[nH]c(=O)c1c[nH]ccc12. The van der Waals surface area contributed by atoms with E-state index in [4.69, 9.17) is 0 Å². The molecule has 16 heavy (non-hydrogen) atoms.